The Balaban J connectivity index is 1.48. The van der Waals surface area contributed by atoms with Gasteiger partial charge in [0.05, 0.1) is 29.7 Å². The molecule has 2 heterocycles. The number of ether oxygens (including phenoxy) is 2. The first-order valence-corrected chi connectivity index (χ1v) is 9.53. The number of nitrogens with one attached hydrogen (secondary N) is 1. The van der Waals surface area contributed by atoms with Crippen molar-refractivity contribution >= 4 is 5.91 Å². The fourth-order valence-corrected chi connectivity index (χ4v) is 3.34. The lowest BCUT2D eigenvalue weighted by molar-refractivity contribution is 0.0788. The number of hydrogen-bond acceptors (Lipinski definition) is 4. The topological polar surface area (TPSA) is 65.4 Å². The van der Waals surface area contributed by atoms with Crippen LogP contribution in [0.25, 0.3) is 5.69 Å². The summed E-state index contributed by atoms with van der Waals surface area (Å²) in [6.07, 6.45) is 1.27. The van der Waals surface area contributed by atoms with Crippen molar-refractivity contribution in [2.75, 3.05) is 13.2 Å². The van der Waals surface area contributed by atoms with E-state index in [2.05, 4.69) is 10.4 Å². The van der Waals surface area contributed by atoms with Gasteiger partial charge in [-0.2, -0.15) is 5.10 Å². The van der Waals surface area contributed by atoms with Gasteiger partial charge >= 0.3 is 0 Å². The number of para-hydroxylation sites is 2. The predicted octanol–water partition coefficient (Wildman–Crippen LogP) is 3.70. The number of carbonyl (C=O) groups is 1. The molecule has 6 nitrogen and oxygen atoms in total. The number of hydrogen-bond donors (Lipinski definition) is 1. The molecule has 0 radical (unpaired) electrons. The molecular formula is C22H22FN3O3. The van der Waals surface area contributed by atoms with Crippen molar-refractivity contribution in [1.82, 2.24) is 15.1 Å². The van der Waals surface area contributed by atoms with Crippen molar-refractivity contribution in [2.24, 2.45) is 0 Å². The lowest BCUT2D eigenvalue weighted by atomic mass is 10.0. The third kappa shape index (κ3) is 3.94. The minimum Gasteiger partial charge on any atom is -0.486 e. The highest BCUT2D eigenvalue weighted by Gasteiger charge is 2.24. The first kappa shape index (κ1) is 19.0. The molecule has 7 heteroatoms. The Morgan fingerprint density at radius 2 is 1.93 bits per heavy atom. The van der Waals surface area contributed by atoms with E-state index in [1.807, 2.05) is 38.1 Å². The van der Waals surface area contributed by atoms with Gasteiger partial charge < -0.3 is 14.8 Å². The van der Waals surface area contributed by atoms with Crippen LogP contribution < -0.4 is 14.8 Å². The van der Waals surface area contributed by atoms with Crippen LogP contribution in [0.4, 0.5) is 4.39 Å². The van der Waals surface area contributed by atoms with Crippen LogP contribution in [0.15, 0.2) is 54.7 Å². The van der Waals surface area contributed by atoms with Crippen molar-refractivity contribution < 1.29 is 18.7 Å². The summed E-state index contributed by atoms with van der Waals surface area (Å²) < 4.78 is 26.5. The second-order valence-corrected chi connectivity index (χ2v) is 7.19. The first-order chi connectivity index (χ1) is 14.0. The number of aromatic nitrogens is 2. The van der Waals surface area contributed by atoms with Gasteiger partial charge in [-0.3, -0.25) is 4.79 Å². The summed E-state index contributed by atoms with van der Waals surface area (Å²) in [7, 11) is 0. The highest BCUT2D eigenvalue weighted by Crippen LogP contribution is 2.30. The van der Waals surface area contributed by atoms with Crippen LogP contribution in [0.1, 0.15) is 35.8 Å². The second kappa shape index (κ2) is 7.95. The van der Waals surface area contributed by atoms with Crippen LogP contribution in [-0.4, -0.2) is 34.9 Å². The smallest absolute Gasteiger partial charge is 0.254 e. The maximum Gasteiger partial charge on any atom is 0.254 e. The van der Waals surface area contributed by atoms with E-state index in [0.29, 0.717) is 35.9 Å². The first-order valence-electron chi connectivity index (χ1n) is 9.53. The van der Waals surface area contributed by atoms with Gasteiger partial charge in [-0.1, -0.05) is 26.0 Å². The number of fused-ring (bicyclic) bond motifs is 1. The number of amides is 1. The third-order valence-corrected chi connectivity index (χ3v) is 4.73. The highest BCUT2D eigenvalue weighted by molar-refractivity contribution is 5.95. The van der Waals surface area contributed by atoms with Crippen molar-refractivity contribution in [1.29, 1.82) is 0 Å². The third-order valence-electron chi connectivity index (χ3n) is 4.73. The molecule has 150 valence electrons. The van der Waals surface area contributed by atoms with Crippen molar-refractivity contribution in [3.8, 4) is 17.2 Å². The van der Waals surface area contributed by atoms with Gasteiger partial charge in [-0.05, 0) is 42.3 Å². The Labute approximate surface area is 168 Å². The predicted molar refractivity (Wildman–Crippen MR) is 106 cm³/mol. The molecular weight excluding hydrogens is 373 g/mol. The minimum atomic E-state index is -0.318. The average Bonchev–Trinajstić information content (AvgIpc) is 3.18. The molecule has 3 aromatic rings. The molecule has 1 aliphatic rings. The summed E-state index contributed by atoms with van der Waals surface area (Å²) in [4.78, 5) is 12.8. The monoisotopic (exact) mass is 395 g/mol. The maximum absolute atomic E-state index is 13.2. The van der Waals surface area contributed by atoms with E-state index in [0.717, 1.165) is 5.69 Å². The molecule has 1 N–H and O–H groups in total. The van der Waals surface area contributed by atoms with Gasteiger partial charge in [0, 0.05) is 0 Å². The van der Waals surface area contributed by atoms with Gasteiger partial charge in [-0.15, -0.1) is 0 Å². The van der Waals surface area contributed by atoms with Gasteiger partial charge in [0.25, 0.3) is 5.91 Å². The van der Waals surface area contributed by atoms with Gasteiger partial charge in [0.15, 0.2) is 11.5 Å². The van der Waals surface area contributed by atoms with Crippen LogP contribution in [0.2, 0.25) is 0 Å². The SMILES string of the molecule is CC(C)c1c(C(=O)NC[C@@H]2COc3ccccc3O2)cnn1-c1ccc(F)cc1. The van der Waals surface area contributed by atoms with Crippen molar-refractivity contribution in [3.63, 3.8) is 0 Å². The quantitative estimate of drug-likeness (QED) is 0.715. The maximum atomic E-state index is 13.2. The average molecular weight is 395 g/mol. The zero-order valence-electron chi connectivity index (χ0n) is 16.3. The lowest BCUT2D eigenvalue weighted by Crippen LogP contribution is -2.40. The fourth-order valence-electron chi connectivity index (χ4n) is 3.34. The van der Waals surface area contributed by atoms with Crippen LogP contribution in [0.5, 0.6) is 11.5 Å². The normalized spacial score (nSPS) is 15.4. The van der Waals surface area contributed by atoms with Crippen LogP contribution in [-0.2, 0) is 0 Å². The number of halogens is 1. The van der Waals surface area contributed by atoms with Gasteiger partial charge in [0.1, 0.15) is 18.5 Å². The summed E-state index contributed by atoms with van der Waals surface area (Å²) in [5, 5.41) is 7.27. The molecule has 29 heavy (non-hydrogen) atoms. The zero-order valence-corrected chi connectivity index (χ0v) is 16.3. The molecule has 0 aliphatic carbocycles. The molecule has 0 fully saturated rings. The molecule has 0 unspecified atom stereocenters. The molecule has 1 amide bonds. The molecule has 0 saturated carbocycles. The number of benzene rings is 2. The Kier molecular flexibility index (Phi) is 5.20. The Morgan fingerprint density at radius 3 is 2.66 bits per heavy atom. The standard InChI is InChI=1S/C22H22FN3O3/c1-14(2)21-18(12-25-26(21)16-9-7-15(23)8-10-16)22(27)24-11-17-13-28-19-5-3-4-6-20(19)29-17/h3-10,12,14,17H,11,13H2,1-2H3,(H,24,27)/t17-/m1/s1. The van der Waals surface area contributed by atoms with E-state index in [1.54, 1.807) is 23.0 Å². The lowest BCUT2D eigenvalue weighted by Gasteiger charge is -2.26. The zero-order chi connectivity index (χ0) is 20.4. The van der Waals surface area contributed by atoms with Crippen LogP contribution >= 0.6 is 0 Å². The largest absolute Gasteiger partial charge is 0.486 e. The molecule has 1 aromatic heterocycles. The Hall–Kier alpha value is -3.35. The fraction of sp³-hybridized carbons (Fsp3) is 0.273. The Morgan fingerprint density at radius 1 is 1.21 bits per heavy atom. The number of rotatable bonds is 5. The summed E-state index contributed by atoms with van der Waals surface area (Å²) in [5.41, 5.74) is 1.96. The molecule has 0 saturated heterocycles. The van der Waals surface area contributed by atoms with E-state index in [1.165, 1.54) is 12.1 Å². The summed E-state index contributed by atoms with van der Waals surface area (Å²) in [5.74, 6) is 0.873. The summed E-state index contributed by atoms with van der Waals surface area (Å²) in [6, 6.07) is 13.5. The summed E-state index contributed by atoms with van der Waals surface area (Å²) >= 11 is 0. The van der Waals surface area contributed by atoms with Crippen molar-refractivity contribution in [2.45, 2.75) is 25.9 Å². The molecule has 4 rings (SSSR count). The van der Waals surface area contributed by atoms with Crippen LogP contribution in [0, 0.1) is 5.82 Å². The number of carbonyl (C=O) groups excluding carboxylic acids is 1. The second-order valence-electron chi connectivity index (χ2n) is 7.19. The highest BCUT2D eigenvalue weighted by atomic mass is 19.1. The van der Waals surface area contributed by atoms with Gasteiger partial charge in [-0.25, -0.2) is 9.07 Å². The minimum absolute atomic E-state index is 0.0458. The Bertz CT molecular complexity index is 1010. The van der Waals surface area contributed by atoms with E-state index < -0.39 is 0 Å². The molecule has 0 bridgehead atoms. The summed E-state index contributed by atoms with van der Waals surface area (Å²) in [6.45, 7) is 4.65. The molecule has 1 aliphatic heterocycles. The number of nitrogens with zero attached hydrogens (tertiary/aromatic N) is 2. The van der Waals surface area contributed by atoms with E-state index in [-0.39, 0.29) is 23.7 Å². The van der Waals surface area contributed by atoms with Crippen LogP contribution in [0.3, 0.4) is 0 Å². The van der Waals surface area contributed by atoms with Gasteiger partial charge in [0.2, 0.25) is 0 Å². The molecule has 2 aromatic carbocycles. The van der Waals surface area contributed by atoms with E-state index in [4.69, 9.17) is 9.47 Å². The molecule has 0 spiro atoms. The van der Waals surface area contributed by atoms with Crippen molar-refractivity contribution in [3.05, 3.63) is 71.8 Å². The molecule has 1 atom stereocenters. The van der Waals surface area contributed by atoms with E-state index in [9.17, 15) is 9.18 Å². The van der Waals surface area contributed by atoms with E-state index >= 15 is 0 Å².